The van der Waals surface area contributed by atoms with Crippen LogP contribution in [0.25, 0.3) is 10.8 Å². The second-order valence-electron chi connectivity index (χ2n) is 7.04. The minimum Gasteiger partial charge on any atom is -0.593 e. The summed E-state index contributed by atoms with van der Waals surface area (Å²) in [5.74, 6) is -0.304. The van der Waals surface area contributed by atoms with Crippen LogP contribution in [-0.4, -0.2) is 53.6 Å². The molecule has 0 bridgehead atoms. The monoisotopic (exact) mass is 468 g/mol. The molecule has 0 spiro atoms. The van der Waals surface area contributed by atoms with E-state index in [1.807, 2.05) is 24.3 Å². The fourth-order valence-electron chi connectivity index (χ4n) is 3.29. The van der Waals surface area contributed by atoms with Gasteiger partial charge in [-0.3, -0.25) is 0 Å². The van der Waals surface area contributed by atoms with E-state index in [4.69, 9.17) is 0 Å². The van der Waals surface area contributed by atoms with Gasteiger partial charge < -0.3 is 14.2 Å². The van der Waals surface area contributed by atoms with Crippen molar-refractivity contribution in [2.75, 3.05) is 19.6 Å². The lowest BCUT2D eigenvalue weighted by Gasteiger charge is -2.25. The number of likely N-dealkylation sites (tertiary alicyclic amines) is 1. The Morgan fingerprint density at radius 1 is 1.13 bits per heavy atom. The van der Waals surface area contributed by atoms with Gasteiger partial charge in [-0.25, -0.2) is 4.79 Å². The smallest absolute Gasteiger partial charge is 0.434 e. The Kier molecular flexibility index (Phi) is 6.92. The van der Waals surface area contributed by atoms with Crippen molar-refractivity contribution in [3.63, 3.8) is 0 Å². The van der Waals surface area contributed by atoms with Crippen LogP contribution in [0.2, 0.25) is 0 Å². The number of amides is 1. The summed E-state index contributed by atoms with van der Waals surface area (Å²) in [6.45, 7) is -0.0168. The molecule has 1 aliphatic heterocycles. The lowest BCUT2D eigenvalue weighted by atomic mass is 10.1. The molecule has 2 atom stereocenters. The zero-order chi connectivity index (χ0) is 22.8. The van der Waals surface area contributed by atoms with Gasteiger partial charge in [0.2, 0.25) is 0 Å². The average molecular weight is 468 g/mol. The van der Waals surface area contributed by atoms with E-state index < -0.39 is 35.9 Å². The van der Waals surface area contributed by atoms with Gasteiger partial charge in [0.25, 0.3) is 6.10 Å². The van der Waals surface area contributed by atoms with Crippen molar-refractivity contribution in [3.05, 3.63) is 42.5 Å². The lowest BCUT2D eigenvalue weighted by molar-refractivity contribution is -0.308. The molecule has 1 aliphatic rings. The third-order valence-corrected chi connectivity index (χ3v) is 5.99. The third kappa shape index (κ3) is 5.74. The van der Waals surface area contributed by atoms with E-state index in [0.29, 0.717) is 11.3 Å². The summed E-state index contributed by atoms with van der Waals surface area (Å²) >= 11 is -1.59. The van der Waals surface area contributed by atoms with Gasteiger partial charge in [0.15, 0.2) is 4.90 Å². The quantitative estimate of drug-likeness (QED) is 0.522. The zero-order valence-electron chi connectivity index (χ0n) is 15.9. The summed E-state index contributed by atoms with van der Waals surface area (Å²) in [6, 6.07) is 12.6. The van der Waals surface area contributed by atoms with E-state index in [0.717, 1.165) is 15.7 Å². The van der Waals surface area contributed by atoms with Crippen molar-refractivity contribution in [1.29, 1.82) is 0 Å². The van der Waals surface area contributed by atoms with Crippen molar-refractivity contribution in [2.45, 2.75) is 29.8 Å². The number of benzene rings is 2. The maximum absolute atomic E-state index is 12.6. The van der Waals surface area contributed by atoms with Crippen LogP contribution in [-0.2, 0) is 16.1 Å². The summed E-state index contributed by atoms with van der Waals surface area (Å²) in [4.78, 5) is 13.2. The van der Waals surface area contributed by atoms with E-state index in [1.54, 1.807) is 18.2 Å². The van der Waals surface area contributed by atoms with Gasteiger partial charge in [-0.15, -0.1) is 4.72 Å². The van der Waals surface area contributed by atoms with Crippen LogP contribution in [0.3, 0.4) is 0 Å². The van der Waals surface area contributed by atoms with Crippen LogP contribution < -0.4 is 4.72 Å². The maximum Gasteiger partial charge on any atom is 0.434 e. The summed E-state index contributed by atoms with van der Waals surface area (Å²) in [5, 5.41) is 1.69. The Hall–Kier alpha value is -2.18. The highest BCUT2D eigenvalue weighted by Gasteiger charge is 2.60. The predicted molar refractivity (Wildman–Crippen MR) is 100 cm³/mol. The van der Waals surface area contributed by atoms with Crippen LogP contribution in [0.15, 0.2) is 47.4 Å². The molecule has 0 aromatic heterocycles. The molecule has 2 aromatic carbocycles. The molecule has 2 aromatic rings. The number of halogens is 6. The molecule has 1 N–H and O–H groups in total. The molecular formula is C19H18F6N2O3S. The van der Waals surface area contributed by atoms with Crippen molar-refractivity contribution >= 4 is 28.2 Å². The van der Waals surface area contributed by atoms with Crippen LogP contribution in [0.1, 0.15) is 6.42 Å². The number of fused-ring (bicyclic) bond motifs is 1. The summed E-state index contributed by atoms with van der Waals surface area (Å²) in [7, 11) is 0. The highest BCUT2D eigenvalue weighted by Crippen LogP contribution is 2.36. The van der Waals surface area contributed by atoms with E-state index in [-0.39, 0.29) is 25.6 Å². The minimum atomic E-state index is -5.76. The molecule has 0 saturated carbocycles. The number of rotatable bonds is 5. The molecule has 3 rings (SSSR count). The van der Waals surface area contributed by atoms with Crippen molar-refractivity contribution < 1.29 is 40.4 Å². The van der Waals surface area contributed by atoms with Gasteiger partial charge in [-0.05, 0) is 29.9 Å². The van der Waals surface area contributed by atoms with Gasteiger partial charge in [-0.1, -0.05) is 30.3 Å². The number of carbonyl (C=O) groups excluding carboxylic acids is 1. The number of hydrogen-bond acceptors (Lipinski definition) is 4. The topological polar surface area (TPSA) is 64.6 Å². The zero-order valence-corrected chi connectivity index (χ0v) is 16.7. The molecule has 5 nitrogen and oxygen atoms in total. The number of alkyl halides is 6. The number of nitrogens with one attached hydrogen (secondary N) is 1. The molecule has 0 aliphatic carbocycles. The Morgan fingerprint density at radius 2 is 1.77 bits per heavy atom. The van der Waals surface area contributed by atoms with Crippen molar-refractivity contribution in [1.82, 2.24) is 9.62 Å². The van der Waals surface area contributed by atoms with E-state index in [2.05, 4.69) is 9.46 Å². The Bertz CT molecular complexity index is 904. The summed E-state index contributed by atoms with van der Waals surface area (Å²) < 4.78 is 94.5. The van der Waals surface area contributed by atoms with Crippen LogP contribution in [0.4, 0.5) is 31.1 Å². The normalized spacial score (nSPS) is 18.6. The van der Waals surface area contributed by atoms with Crippen LogP contribution >= 0.6 is 0 Å². The first-order valence-corrected chi connectivity index (χ1v) is 10.3. The molecule has 2 unspecified atom stereocenters. The molecule has 1 fully saturated rings. The Labute approximate surface area is 176 Å². The molecule has 0 radical (unpaired) electrons. The van der Waals surface area contributed by atoms with E-state index in [9.17, 15) is 35.7 Å². The van der Waals surface area contributed by atoms with Gasteiger partial charge in [-0.2, -0.15) is 26.3 Å². The second kappa shape index (κ2) is 9.13. The molecule has 12 heteroatoms. The lowest BCUT2D eigenvalue weighted by Crippen LogP contribution is -2.48. The highest BCUT2D eigenvalue weighted by molar-refractivity contribution is 7.89. The van der Waals surface area contributed by atoms with E-state index in [1.165, 1.54) is 0 Å². The largest absolute Gasteiger partial charge is 0.593 e. The number of ether oxygens (including phenoxy) is 1. The Balaban J connectivity index is 1.56. The maximum atomic E-state index is 12.6. The fourth-order valence-corrected chi connectivity index (χ4v) is 4.42. The average Bonchev–Trinajstić information content (AvgIpc) is 3.17. The third-order valence-electron chi connectivity index (χ3n) is 4.81. The standard InChI is InChI=1S/C19H18F6N2O3S/c20-18(21,22)16(19(23,24)25)30-17(28)27-9-8-12(11-27)10-26-31(29)15-7-3-5-13-4-1-2-6-14(13)15/h1-7,12,16,26H,8-11H2. The highest BCUT2D eigenvalue weighted by atomic mass is 32.2. The number of hydrogen-bond donors (Lipinski definition) is 1. The molecule has 1 heterocycles. The van der Waals surface area contributed by atoms with Crippen LogP contribution in [0, 0.1) is 5.92 Å². The molecule has 31 heavy (non-hydrogen) atoms. The number of nitrogens with zero attached hydrogens (tertiary/aromatic N) is 1. The first kappa shape index (κ1) is 23.5. The molecule has 170 valence electrons. The first-order valence-electron chi connectivity index (χ1n) is 9.19. The van der Waals surface area contributed by atoms with E-state index >= 15 is 0 Å². The molecular weight excluding hydrogens is 450 g/mol. The second-order valence-corrected chi connectivity index (χ2v) is 8.31. The minimum absolute atomic E-state index is 0.0610. The molecule has 1 amide bonds. The number of carbonyl (C=O) groups is 1. The van der Waals surface area contributed by atoms with Gasteiger partial charge in [0, 0.05) is 25.0 Å². The first-order chi connectivity index (χ1) is 14.5. The SMILES string of the molecule is O=C(OC(C(F)(F)F)C(F)(F)F)N1CCC(CN[S+]([O-])c2cccc3ccccc23)C1. The fraction of sp³-hybridized carbons (Fsp3) is 0.421. The van der Waals surface area contributed by atoms with Crippen molar-refractivity contribution in [2.24, 2.45) is 5.92 Å². The summed E-state index contributed by atoms with van der Waals surface area (Å²) in [6.07, 6.45) is -17.1. The van der Waals surface area contributed by atoms with Gasteiger partial charge in [0.1, 0.15) is 0 Å². The Morgan fingerprint density at radius 3 is 2.45 bits per heavy atom. The van der Waals surface area contributed by atoms with Crippen molar-refractivity contribution in [3.8, 4) is 0 Å². The summed E-state index contributed by atoms with van der Waals surface area (Å²) in [5.41, 5.74) is 0. The predicted octanol–water partition coefficient (Wildman–Crippen LogP) is 4.40. The molecule has 1 saturated heterocycles. The van der Waals surface area contributed by atoms with Gasteiger partial charge in [0.05, 0.1) is 11.4 Å². The van der Waals surface area contributed by atoms with Crippen LogP contribution in [0.5, 0.6) is 0 Å². The van der Waals surface area contributed by atoms with Gasteiger partial charge >= 0.3 is 18.4 Å².